The van der Waals surface area contributed by atoms with Crippen molar-refractivity contribution in [1.29, 1.82) is 0 Å². The van der Waals surface area contributed by atoms with E-state index in [1.54, 1.807) is 0 Å². The molecule has 0 spiro atoms. The Bertz CT molecular complexity index is 158. The van der Waals surface area contributed by atoms with Crippen molar-refractivity contribution >= 4 is 19.3 Å². The number of hydrogen-bond acceptors (Lipinski definition) is 5. The zero-order chi connectivity index (χ0) is 8.08. The first-order valence-electron chi connectivity index (χ1n) is 1.59. The molecule has 0 heterocycles. The Morgan fingerprint density at radius 1 is 1.40 bits per heavy atom. The summed E-state index contributed by atoms with van der Waals surface area (Å²) in [5, 5.41) is 7.42. The van der Waals surface area contributed by atoms with Gasteiger partial charge in [-0.25, -0.2) is 0 Å². The van der Waals surface area contributed by atoms with Gasteiger partial charge in [-0.3, -0.25) is 4.79 Å². The molecular formula is C2H4AuO6Se-2. The smallest absolute Gasteiger partial charge is 0 e. The van der Waals surface area contributed by atoms with E-state index in [9.17, 15) is 0 Å². The van der Waals surface area contributed by atoms with Crippen molar-refractivity contribution in [3.8, 4) is 0 Å². The molecule has 0 saturated heterocycles. The number of rotatable bonds is 0. The number of aliphatic carboxylic acids is 1. The molecule has 1 radical (unpaired) electrons. The van der Waals surface area contributed by atoms with Crippen molar-refractivity contribution in [3.63, 3.8) is 0 Å². The van der Waals surface area contributed by atoms with Crippen molar-refractivity contribution in [2.75, 3.05) is 0 Å². The summed E-state index contributed by atoms with van der Waals surface area (Å²) >= 11 is -5.75. The van der Waals surface area contributed by atoms with Gasteiger partial charge in [0, 0.05) is 29.3 Å². The topological polar surface area (TPSA) is 118 Å². The van der Waals surface area contributed by atoms with E-state index >= 15 is 0 Å². The molecule has 0 aliphatic carbocycles. The summed E-state index contributed by atoms with van der Waals surface area (Å²) in [6.45, 7) is 1.08. The predicted molar refractivity (Wildman–Crippen MR) is 20.4 cm³/mol. The van der Waals surface area contributed by atoms with Crippen LogP contribution >= 0.6 is 0 Å². The summed E-state index contributed by atoms with van der Waals surface area (Å²) in [6, 6.07) is 0. The molecule has 0 unspecified atom stereocenters. The Balaban J connectivity index is -0.0000000910. The molecule has 0 saturated carbocycles. The van der Waals surface area contributed by atoms with E-state index < -0.39 is 19.3 Å². The van der Waals surface area contributed by atoms with Crippen LogP contribution < -0.4 is 8.38 Å². The second-order valence-electron chi connectivity index (χ2n) is 0.927. The average molecular weight is 400 g/mol. The molecule has 0 atom stereocenters. The largest absolute Gasteiger partial charge is 0 e. The summed E-state index contributed by atoms with van der Waals surface area (Å²) in [6.07, 6.45) is 0. The van der Waals surface area contributed by atoms with Gasteiger partial charge in [-0.1, -0.05) is 0 Å². The molecule has 0 aliphatic heterocycles. The molecule has 8 heteroatoms. The number of carbonyl (C=O) groups is 1. The molecule has 10 heavy (non-hydrogen) atoms. The first kappa shape index (κ1) is 16.7. The van der Waals surface area contributed by atoms with E-state index in [0.717, 1.165) is 6.92 Å². The van der Waals surface area contributed by atoms with E-state index in [4.69, 9.17) is 25.9 Å². The zero-order valence-electron chi connectivity index (χ0n) is 4.70. The molecule has 0 aromatic rings. The maximum absolute atomic E-state index is 9.00. The Morgan fingerprint density at radius 3 is 1.40 bits per heavy atom. The fourth-order valence-electron chi connectivity index (χ4n) is 0. The molecule has 0 rings (SSSR count). The van der Waals surface area contributed by atoms with Gasteiger partial charge in [0.15, 0.2) is 0 Å². The van der Waals surface area contributed by atoms with Crippen LogP contribution in [0.25, 0.3) is 0 Å². The second-order valence-corrected chi connectivity index (χ2v) is 2.64. The third-order valence-electron chi connectivity index (χ3n) is 0. The van der Waals surface area contributed by atoms with Gasteiger partial charge in [-0.2, -0.15) is 0 Å². The molecule has 0 aromatic heterocycles. The summed E-state index contributed by atoms with van der Waals surface area (Å²) in [7, 11) is 0. The van der Waals surface area contributed by atoms with Gasteiger partial charge in [0.2, 0.25) is 0 Å². The van der Waals surface area contributed by atoms with Crippen molar-refractivity contribution in [1.82, 2.24) is 0 Å². The third-order valence-corrected chi connectivity index (χ3v) is 0. The van der Waals surface area contributed by atoms with Crippen LogP contribution in [0.2, 0.25) is 0 Å². The van der Waals surface area contributed by atoms with Gasteiger partial charge in [0.05, 0.1) is 0 Å². The summed E-state index contributed by atoms with van der Waals surface area (Å²) in [4.78, 5) is 9.00. The minimum absolute atomic E-state index is 0. The summed E-state index contributed by atoms with van der Waals surface area (Å²) < 4.78 is 34.4. The van der Waals surface area contributed by atoms with Crippen molar-refractivity contribution in [2.45, 2.75) is 6.92 Å². The second kappa shape index (κ2) is 7.36. The van der Waals surface area contributed by atoms with E-state index in [1.807, 2.05) is 0 Å². The maximum atomic E-state index is 9.00. The van der Waals surface area contributed by atoms with Crippen LogP contribution in [0, 0.1) is 0 Å². The van der Waals surface area contributed by atoms with Gasteiger partial charge in [-0.05, 0) is 0 Å². The standard InChI is InChI=1S/C2H4O2.Au.H2O4Se/c1-2(3)4;;1-5(2,3)4/h1H3,(H,3,4);;(H2,1,2,3,4)/p-2. The van der Waals surface area contributed by atoms with Crippen molar-refractivity contribution in [2.24, 2.45) is 0 Å². The van der Waals surface area contributed by atoms with Gasteiger partial charge >= 0.3 is 29.4 Å². The maximum Gasteiger partial charge on any atom is 0 e. The third kappa shape index (κ3) is 6950. The monoisotopic (exact) mass is 401 g/mol. The molecule has 67 valence electrons. The normalized spacial score (nSPS) is 8.30. The summed E-state index contributed by atoms with van der Waals surface area (Å²) in [5.74, 6) is -0.833. The molecular weight excluding hydrogens is 396 g/mol. The Morgan fingerprint density at radius 2 is 1.40 bits per heavy atom. The quantitative estimate of drug-likeness (QED) is 0.436. The van der Waals surface area contributed by atoms with Gasteiger partial charge in [0.1, 0.15) is 0 Å². The van der Waals surface area contributed by atoms with Gasteiger partial charge in [0.25, 0.3) is 5.97 Å². The van der Waals surface area contributed by atoms with E-state index in [2.05, 4.69) is 0 Å². The minimum atomic E-state index is -5.75. The number of carboxylic acids is 1. The molecule has 0 fully saturated rings. The first-order valence-corrected chi connectivity index (χ1v) is 4.39. The molecule has 0 bridgehead atoms. The SMILES string of the molecule is CC(=O)O.O=[Se](=O)([O-])[O-].[Au]. The fourth-order valence-corrected chi connectivity index (χ4v) is 0. The van der Waals surface area contributed by atoms with Crippen LogP contribution in [0.4, 0.5) is 0 Å². The predicted octanol–water partition coefficient (Wildman–Crippen LogP) is -2.91. The molecule has 0 aromatic carbocycles. The van der Waals surface area contributed by atoms with Crippen LogP contribution in [-0.4, -0.2) is 24.4 Å². The van der Waals surface area contributed by atoms with Gasteiger partial charge in [-0.15, -0.1) is 0 Å². The van der Waals surface area contributed by atoms with E-state index in [0.29, 0.717) is 0 Å². The van der Waals surface area contributed by atoms with Crippen molar-refractivity contribution < 1.29 is 48.3 Å². The van der Waals surface area contributed by atoms with Crippen LogP contribution in [0.5, 0.6) is 0 Å². The fraction of sp³-hybridized carbons (Fsp3) is 0.500. The molecule has 6 nitrogen and oxygen atoms in total. The molecule has 0 amide bonds. The van der Waals surface area contributed by atoms with Crippen LogP contribution in [0.3, 0.4) is 0 Å². The van der Waals surface area contributed by atoms with Crippen LogP contribution in [-0.2, 0) is 34.8 Å². The summed E-state index contributed by atoms with van der Waals surface area (Å²) in [5.41, 5.74) is 0. The number of hydrogen-bond donors (Lipinski definition) is 1. The van der Waals surface area contributed by atoms with Crippen LogP contribution in [0.15, 0.2) is 0 Å². The van der Waals surface area contributed by atoms with E-state index in [1.165, 1.54) is 0 Å². The molecule has 0 aliphatic rings. The molecule has 1 N–H and O–H groups in total. The number of carboxylic acid groups (broad SMARTS) is 1. The Labute approximate surface area is 74.7 Å². The van der Waals surface area contributed by atoms with Gasteiger partial charge < -0.3 is 5.11 Å². The average Bonchev–Trinajstić information content (AvgIpc) is 1.19. The first-order chi connectivity index (χ1) is 3.73. The van der Waals surface area contributed by atoms with Crippen LogP contribution in [0.1, 0.15) is 6.92 Å². The Kier molecular flexibility index (Phi) is 12.3. The zero-order valence-corrected chi connectivity index (χ0v) is 8.58. The van der Waals surface area contributed by atoms with Crippen molar-refractivity contribution in [3.05, 3.63) is 0 Å². The minimum Gasteiger partial charge on any atom is 0 e. The Hall–Kier alpha value is 0.250. The van der Waals surface area contributed by atoms with E-state index in [-0.39, 0.29) is 22.4 Å².